The van der Waals surface area contributed by atoms with Crippen molar-refractivity contribution >= 4 is 41.7 Å². The average Bonchev–Trinajstić information content (AvgIpc) is 3.38. The van der Waals surface area contributed by atoms with E-state index in [1.54, 1.807) is 11.2 Å². The summed E-state index contributed by atoms with van der Waals surface area (Å²) in [7, 11) is 0. The van der Waals surface area contributed by atoms with Crippen molar-refractivity contribution in [2.75, 3.05) is 24.6 Å². The second kappa shape index (κ2) is 11.7. The molecule has 1 atom stereocenters. The zero-order valence-corrected chi connectivity index (χ0v) is 19.2. The standard InChI is InChI=1S/C21H28N4O3.HI/c1-3-16(2)24-20(22-11-10-19-5-4-13-27-19)23-15-17-6-8-18(9-7-17)25-12-14-28-21(25)26;/h4-9,13,16H,3,10-12,14-15H2,1-2H3,(H2,22,23,24);1H. The third-order valence-corrected chi connectivity index (χ3v) is 4.67. The third kappa shape index (κ3) is 6.95. The number of aliphatic imine (C=N–C) groups is 1. The molecule has 29 heavy (non-hydrogen) atoms. The van der Waals surface area contributed by atoms with E-state index in [1.165, 1.54) is 0 Å². The van der Waals surface area contributed by atoms with Crippen molar-refractivity contribution in [3.05, 3.63) is 54.0 Å². The summed E-state index contributed by atoms with van der Waals surface area (Å²) in [5, 5.41) is 6.78. The number of amides is 1. The summed E-state index contributed by atoms with van der Waals surface area (Å²) in [4.78, 5) is 18.0. The van der Waals surface area contributed by atoms with Crippen molar-refractivity contribution < 1.29 is 13.9 Å². The summed E-state index contributed by atoms with van der Waals surface area (Å²) in [5.74, 6) is 1.74. The van der Waals surface area contributed by atoms with Crippen LogP contribution in [0.15, 0.2) is 52.1 Å². The molecule has 3 rings (SSSR count). The van der Waals surface area contributed by atoms with Gasteiger partial charge in [0.05, 0.1) is 19.4 Å². The number of hydrogen-bond acceptors (Lipinski definition) is 4. The van der Waals surface area contributed by atoms with E-state index in [9.17, 15) is 4.79 Å². The lowest BCUT2D eigenvalue weighted by Gasteiger charge is -2.17. The van der Waals surface area contributed by atoms with E-state index >= 15 is 0 Å². The maximum absolute atomic E-state index is 11.7. The van der Waals surface area contributed by atoms with E-state index in [0.717, 1.165) is 42.4 Å². The quantitative estimate of drug-likeness (QED) is 0.319. The van der Waals surface area contributed by atoms with Crippen molar-refractivity contribution in [3.8, 4) is 0 Å². The first-order valence-corrected chi connectivity index (χ1v) is 9.76. The van der Waals surface area contributed by atoms with Gasteiger partial charge in [-0.05, 0) is 43.2 Å². The number of cyclic esters (lactones) is 1. The third-order valence-electron chi connectivity index (χ3n) is 4.67. The number of nitrogens with one attached hydrogen (secondary N) is 2. The van der Waals surface area contributed by atoms with Crippen LogP contribution in [0.1, 0.15) is 31.6 Å². The van der Waals surface area contributed by atoms with Gasteiger partial charge < -0.3 is 19.8 Å². The Balaban J connectivity index is 0.00000300. The minimum absolute atomic E-state index is 0. The lowest BCUT2D eigenvalue weighted by molar-refractivity contribution is 0.181. The van der Waals surface area contributed by atoms with Crippen molar-refractivity contribution in [2.24, 2.45) is 4.99 Å². The van der Waals surface area contributed by atoms with Crippen molar-refractivity contribution in [2.45, 2.75) is 39.3 Å². The molecule has 1 fully saturated rings. The molecule has 0 radical (unpaired) electrons. The molecular weight excluding hydrogens is 483 g/mol. The predicted molar refractivity (Wildman–Crippen MR) is 125 cm³/mol. The Kier molecular flexibility index (Phi) is 9.30. The summed E-state index contributed by atoms with van der Waals surface area (Å²) in [6.45, 7) is 6.61. The molecule has 0 spiro atoms. The molecule has 2 N–H and O–H groups in total. The predicted octanol–water partition coefficient (Wildman–Crippen LogP) is 3.93. The molecule has 1 amide bonds. The molecule has 2 heterocycles. The molecule has 158 valence electrons. The fraction of sp³-hybridized carbons (Fsp3) is 0.429. The Hall–Kier alpha value is -2.23. The van der Waals surface area contributed by atoms with Gasteiger partial charge in [-0.3, -0.25) is 4.90 Å². The zero-order valence-electron chi connectivity index (χ0n) is 16.9. The normalized spacial score (nSPS) is 14.9. The van der Waals surface area contributed by atoms with Crippen LogP contribution in [-0.2, 0) is 17.7 Å². The second-order valence-corrected chi connectivity index (χ2v) is 6.81. The highest BCUT2D eigenvalue weighted by Crippen LogP contribution is 2.19. The first kappa shape index (κ1) is 23.1. The van der Waals surface area contributed by atoms with Gasteiger partial charge >= 0.3 is 6.09 Å². The van der Waals surface area contributed by atoms with Gasteiger partial charge in [-0.25, -0.2) is 9.79 Å². The smallest absolute Gasteiger partial charge is 0.414 e. The van der Waals surface area contributed by atoms with E-state index in [2.05, 4.69) is 24.5 Å². The van der Waals surface area contributed by atoms with Crippen LogP contribution in [0.2, 0.25) is 0 Å². The molecule has 1 aliphatic heterocycles. The Labute approximate surface area is 188 Å². The van der Waals surface area contributed by atoms with Crippen LogP contribution < -0.4 is 15.5 Å². The van der Waals surface area contributed by atoms with Gasteiger partial charge in [0.15, 0.2) is 5.96 Å². The van der Waals surface area contributed by atoms with Crippen LogP contribution in [0.3, 0.4) is 0 Å². The topological polar surface area (TPSA) is 79.1 Å². The van der Waals surface area contributed by atoms with Gasteiger partial charge in [-0.1, -0.05) is 19.1 Å². The van der Waals surface area contributed by atoms with Gasteiger partial charge in [-0.15, -0.1) is 24.0 Å². The SMILES string of the molecule is CCC(C)NC(=NCc1ccc(N2CCOC2=O)cc1)NCCc1ccco1.I. The summed E-state index contributed by atoms with van der Waals surface area (Å²) in [5.41, 5.74) is 1.93. The zero-order chi connectivity index (χ0) is 19.8. The number of carbonyl (C=O) groups excluding carboxylic acids is 1. The number of halogens is 1. The largest absolute Gasteiger partial charge is 0.469 e. The van der Waals surface area contributed by atoms with Gasteiger partial charge in [0.25, 0.3) is 0 Å². The van der Waals surface area contributed by atoms with Crippen LogP contribution >= 0.6 is 24.0 Å². The molecular formula is C21H29IN4O3. The first-order valence-electron chi connectivity index (χ1n) is 9.76. The summed E-state index contributed by atoms with van der Waals surface area (Å²) in [6.07, 6.45) is 3.22. The minimum atomic E-state index is -0.286. The Morgan fingerprint density at radius 3 is 2.69 bits per heavy atom. The number of furan rings is 1. The Bertz CT molecular complexity index is 778. The van der Waals surface area contributed by atoms with Gasteiger partial charge in [0.2, 0.25) is 0 Å². The minimum Gasteiger partial charge on any atom is -0.469 e. The maximum Gasteiger partial charge on any atom is 0.414 e. The Morgan fingerprint density at radius 2 is 2.07 bits per heavy atom. The van der Waals surface area contributed by atoms with Crippen LogP contribution in [-0.4, -0.2) is 37.8 Å². The highest BCUT2D eigenvalue weighted by Gasteiger charge is 2.23. The molecule has 8 heteroatoms. The molecule has 0 aliphatic carbocycles. The molecule has 1 saturated heterocycles. The van der Waals surface area contributed by atoms with E-state index in [-0.39, 0.29) is 30.1 Å². The Morgan fingerprint density at radius 1 is 1.28 bits per heavy atom. The molecule has 1 aromatic carbocycles. The number of carbonyl (C=O) groups is 1. The van der Waals surface area contributed by atoms with Gasteiger partial charge in [0, 0.05) is 24.7 Å². The number of hydrogen-bond donors (Lipinski definition) is 2. The van der Waals surface area contributed by atoms with Crippen molar-refractivity contribution in [1.82, 2.24) is 10.6 Å². The highest BCUT2D eigenvalue weighted by atomic mass is 127. The fourth-order valence-electron chi connectivity index (χ4n) is 2.83. The van der Waals surface area contributed by atoms with Crippen molar-refractivity contribution in [1.29, 1.82) is 0 Å². The molecule has 0 bridgehead atoms. The average molecular weight is 512 g/mol. The van der Waals surface area contributed by atoms with Crippen LogP contribution in [0.5, 0.6) is 0 Å². The van der Waals surface area contributed by atoms with Crippen molar-refractivity contribution in [3.63, 3.8) is 0 Å². The molecule has 7 nitrogen and oxygen atoms in total. The monoisotopic (exact) mass is 512 g/mol. The van der Waals surface area contributed by atoms with E-state index in [4.69, 9.17) is 14.1 Å². The number of anilines is 1. The maximum atomic E-state index is 11.7. The van der Waals surface area contributed by atoms with Gasteiger partial charge in [-0.2, -0.15) is 0 Å². The number of ether oxygens (including phenoxy) is 1. The highest BCUT2D eigenvalue weighted by molar-refractivity contribution is 14.0. The number of nitrogens with zero attached hydrogens (tertiary/aromatic N) is 2. The van der Waals surface area contributed by atoms with Crippen LogP contribution in [0.4, 0.5) is 10.5 Å². The summed E-state index contributed by atoms with van der Waals surface area (Å²) in [6, 6.07) is 12.1. The van der Waals surface area contributed by atoms with E-state index < -0.39 is 0 Å². The number of rotatable bonds is 8. The first-order chi connectivity index (χ1) is 13.7. The molecule has 2 aromatic rings. The molecule has 1 unspecified atom stereocenters. The van der Waals surface area contributed by atoms with Crippen LogP contribution in [0, 0.1) is 0 Å². The number of guanidine groups is 1. The lowest BCUT2D eigenvalue weighted by atomic mass is 10.2. The molecule has 1 aromatic heterocycles. The second-order valence-electron chi connectivity index (χ2n) is 6.81. The molecule has 0 saturated carbocycles. The van der Waals surface area contributed by atoms with Gasteiger partial charge in [0.1, 0.15) is 12.4 Å². The number of benzene rings is 1. The van der Waals surface area contributed by atoms with E-state index in [0.29, 0.717) is 25.7 Å². The lowest BCUT2D eigenvalue weighted by Crippen LogP contribution is -2.42. The summed E-state index contributed by atoms with van der Waals surface area (Å²) >= 11 is 0. The molecule has 1 aliphatic rings. The van der Waals surface area contributed by atoms with E-state index in [1.807, 2.05) is 36.4 Å². The van der Waals surface area contributed by atoms with Crippen LogP contribution in [0.25, 0.3) is 0 Å². The fourth-order valence-corrected chi connectivity index (χ4v) is 2.83. The summed E-state index contributed by atoms with van der Waals surface area (Å²) < 4.78 is 10.4.